The van der Waals surface area contributed by atoms with Gasteiger partial charge in [0.15, 0.2) is 0 Å². The number of carboxylic acid groups (broad SMARTS) is 1. The van der Waals surface area contributed by atoms with Crippen LogP contribution in [0.25, 0.3) is 10.9 Å². The normalized spacial score (nSPS) is 10.8. The molecule has 0 fully saturated rings. The van der Waals surface area contributed by atoms with Crippen molar-refractivity contribution in [1.29, 1.82) is 0 Å². The smallest absolute Gasteiger partial charge is 0.317 e. The number of rotatable bonds is 6. The Hall–Kier alpha value is -2.25. The summed E-state index contributed by atoms with van der Waals surface area (Å²) in [6.07, 6.45) is 7.39. The summed E-state index contributed by atoms with van der Waals surface area (Å²) in [5.41, 5.74) is 2.28. The first-order valence-corrected chi connectivity index (χ1v) is 6.60. The summed E-state index contributed by atoms with van der Waals surface area (Å²) < 4.78 is 2.17. The number of aliphatic carboxylic acids is 1. The number of aromatic nitrogens is 1. The van der Waals surface area contributed by atoms with E-state index in [0.717, 1.165) is 17.5 Å². The molecule has 20 heavy (non-hydrogen) atoms. The molecule has 0 bridgehead atoms. The average molecular weight is 270 g/mol. The third-order valence-corrected chi connectivity index (χ3v) is 3.28. The molecule has 0 aliphatic rings. The zero-order chi connectivity index (χ0) is 14.5. The molecule has 4 heteroatoms. The Labute approximate surface area is 118 Å². The van der Waals surface area contributed by atoms with Gasteiger partial charge in [-0.15, -0.1) is 6.42 Å². The Balaban J connectivity index is 2.32. The third kappa shape index (κ3) is 3.01. The van der Waals surface area contributed by atoms with E-state index in [0.29, 0.717) is 13.1 Å². The Morgan fingerprint density at radius 1 is 1.45 bits per heavy atom. The first-order valence-electron chi connectivity index (χ1n) is 6.60. The fourth-order valence-corrected chi connectivity index (χ4v) is 2.44. The fourth-order valence-electron chi connectivity index (χ4n) is 2.44. The molecule has 0 radical (unpaired) electrons. The maximum atomic E-state index is 10.9. The molecule has 1 aromatic heterocycles. The molecule has 1 aromatic carbocycles. The maximum Gasteiger partial charge on any atom is 0.317 e. The van der Waals surface area contributed by atoms with E-state index in [1.807, 2.05) is 12.1 Å². The van der Waals surface area contributed by atoms with Crippen molar-refractivity contribution < 1.29 is 9.90 Å². The highest BCUT2D eigenvalue weighted by Crippen LogP contribution is 2.22. The van der Waals surface area contributed by atoms with Crippen LogP contribution in [0, 0.1) is 12.3 Å². The van der Waals surface area contributed by atoms with Crippen molar-refractivity contribution in [2.24, 2.45) is 0 Å². The van der Waals surface area contributed by atoms with Gasteiger partial charge < -0.3 is 9.67 Å². The summed E-state index contributed by atoms with van der Waals surface area (Å²) in [6, 6.07) is 8.14. The van der Waals surface area contributed by atoms with Gasteiger partial charge in [-0.05, 0) is 18.6 Å². The first kappa shape index (κ1) is 14.2. The maximum absolute atomic E-state index is 10.9. The van der Waals surface area contributed by atoms with Crippen molar-refractivity contribution >= 4 is 16.9 Å². The first-order chi connectivity index (χ1) is 9.65. The minimum atomic E-state index is -0.862. The SMILES string of the molecule is C#CCN(CC(=O)O)Cc1cn(CC)c2ccccc12. The Morgan fingerprint density at radius 2 is 2.20 bits per heavy atom. The van der Waals surface area contributed by atoms with E-state index < -0.39 is 5.97 Å². The van der Waals surface area contributed by atoms with Gasteiger partial charge in [0.25, 0.3) is 0 Å². The lowest BCUT2D eigenvalue weighted by Crippen LogP contribution is -2.29. The van der Waals surface area contributed by atoms with E-state index >= 15 is 0 Å². The lowest BCUT2D eigenvalue weighted by molar-refractivity contribution is -0.138. The molecule has 0 aliphatic heterocycles. The number of carbonyl (C=O) groups is 1. The minimum absolute atomic E-state index is 0.0458. The number of terminal acetylenes is 1. The molecule has 0 unspecified atom stereocenters. The summed E-state index contributed by atoms with van der Waals surface area (Å²) in [7, 11) is 0. The number of nitrogens with zero attached hydrogens (tertiary/aromatic N) is 2. The van der Waals surface area contributed by atoms with E-state index in [4.69, 9.17) is 11.5 Å². The summed E-state index contributed by atoms with van der Waals surface area (Å²) >= 11 is 0. The molecule has 0 saturated heterocycles. The third-order valence-electron chi connectivity index (χ3n) is 3.28. The molecule has 2 aromatic rings. The van der Waals surface area contributed by atoms with Gasteiger partial charge in [-0.3, -0.25) is 9.69 Å². The van der Waals surface area contributed by atoms with Crippen LogP contribution < -0.4 is 0 Å². The Morgan fingerprint density at radius 3 is 2.85 bits per heavy atom. The average Bonchev–Trinajstić information content (AvgIpc) is 2.77. The summed E-state index contributed by atoms with van der Waals surface area (Å²) in [5, 5.41) is 10.1. The van der Waals surface area contributed by atoms with Crippen LogP contribution in [-0.2, 0) is 17.9 Å². The summed E-state index contributed by atoms with van der Waals surface area (Å²) in [5.74, 6) is 1.66. The topological polar surface area (TPSA) is 45.5 Å². The lowest BCUT2D eigenvalue weighted by atomic mass is 10.1. The van der Waals surface area contributed by atoms with Crippen molar-refractivity contribution in [1.82, 2.24) is 9.47 Å². The predicted molar refractivity (Wildman–Crippen MR) is 79.4 cm³/mol. The molecule has 0 amide bonds. The van der Waals surface area contributed by atoms with Crippen molar-refractivity contribution in [3.8, 4) is 12.3 Å². The summed E-state index contributed by atoms with van der Waals surface area (Å²) in [6.45, 7) is 3.80. The number of aryl methyl sites for hydroxylation is 1. The van der Waals surface area contributed by atoms with Crippen molar-refractivity contribution in [3.05, 3.63) is 36.0 Å². The van der Waals surface area contributed by atoms with Crippen LogP contribution in [0.4, 0.5) is 0 Å². The number of hydrogen-bond donors (Lipinski definition) is 1. The molecule has 0 saturated carbocycles. The van der Waals surface area contributed by atoms with E-state index in [1.54, 1.807) is 4.90 Å². The zero-order valence-corrected chi connectivity index (χ0v) is 11.5. The highest BCUT2D eigenvalue weighted by molar-refractivity contribution is 5.84. The highest BCUT2D eigenvalue weighted by Gasteiger charge is 2.13. The quantitative estimate of drug-likeness (QED) is 0.818. The Bertz CT molecular complexity index is 652. The van der Waals surface area contributed by atoms with Crippen LogP contribution in [0.3, 0.4) is 0 Å². The van der Waals surface area contributed by atoms with Crippen LogP contribution in [0.2, 0.25) is 0 Å². The van der Waals surface area contributed by atoms with Gasteiger partial charge in [-0.1, -0.05) is 24.1 Å². The molecule has 0 atom stereocenters. The Kier molecular flexibility index (Phi) is 4.44. The van der Waals surface area contributed by atoms with E-state index in [9.17, 15) is 4.79 Å². The van der Waals surface area contributed by atoms with Gasteiger partial charge in [-0.25, -0.2) is 0 Å². The second-order valence-corrected chi connectivity index (χ2v) is 4.70. The monoisotopic (exact) mass is 270 g/mol. The molecular formula is C16H18N2O2. The second kappa shape index (κ2) is 6.27. The molecule has 1 N–H and O–H groups in total. The molecule has 4 nitrogen and oxygen atoms in total. The van der Waals surface area contributed by atoms with E-state index in [1.165, 1.54) is 5.52 Å². The van der Waals surface area contributed by atoms with Gasteiger partial charge in [0, 0.05) is 30.2 Å². The number of fused-ring (bicyclic) bond motifs is 1. The molecular weight excluding hydrogens is 252 g/mol. The second-order valence-electron chi connectivity index (χ2n) is 4.70. The number of hydrogen-bond acceptors (Lipinski definition) is 2. The van der Waals surface area contributed by atoms with Gasteiger partial charge in [-0.2, -0.15) is 0 Å². The van der Waals surface area contributed by atoms with Gasteiger partial charge in [0.2, 0.25) is 0 Å². The predicted octanol–water partition coefficient (Wildman–Crippen LogP) is 2.18. The largest absolute Gasteiger partial charge is 0.480 e. The van der Waals surface area contributed by atoms with Gasteiger partial charge in [0.05, 0.1) is 13.1 Å². The van der Waals surface area contributed by atoms with Crippen LogP contribution in [0.5, 0.6) is 0 Å². The number of carboxylic acids is 1. The molecule has 104 valence electrons. The van der Waals surface area contributed by atoms with Crippen LogP contribution in [0.15, 0.2) is 30.5 Å². The summed E-state index contributed by atoms with van der Waals surface area (Å²) in [4.78, 5) is 12.6. The zero-order valence-electron chi connectivity index (χ0n) is 11.5. The van der Waals surface area contributed by atoms with Crippen LogP contribution in [0.1, 0.15) is 12.5 Å². The van der Waals surface area contributed by atoms with Crippen LogP contribution in [-0.4, -0.2) is 33.6 Å². The molecule has 1 heterocycles. The van der Waals surface area contributed by atoms with Gasteiger partial charge in [0.1, 0.15) is 0 Å². The lowest BCUT2D eigenvalue weighted by Gasteiger charge is -2.16. The van der Waals surface area contributed by atoms with Crippen molar-refractivity contribution in [3.63, 3.8) is 0 Å². The molecule has 0 spiro atoms. The van der Waals surface area contributed by atoms with Crippen molar-refractivity contribution in [2.75, 3.05) is 13.1 Å². The fraction of sp³-hybridized carbons (Fsp3) is 0.312. The highest BCUT2D eigenvalue weighted by atomic mass is 16.4. The van der Waals surface area contributed by atoms with Gasteiger partial charge >= 0.3 is 5.97 Å². The van der Waals surface area contributed by atoms with Crippen LogP contribution >= 0.6 is 0 Å². The molecule has 2 rings (SSSR count). The van der Waals surface area contributed by atoms with E-state index in [2.05, 4.69) is 35.7 Å². The number of para-hydroxylation sites is 1. The number of benzene rings is 1. The van der Waals surface area contributed by atoms with Crippen molar-refractivity contribution in [2.45, 2.75) is 20.0 Å². The standard InChI is InChI=1S/C16H18N2O2/c1-3-9-17(12-16(19)20)10-13-11-18(4-2)15-8-6-5-7-14(13)15/h1,5-8,11H,4,9-10,12H2,2H3,(H,19,20). The van der Waals surface area contributed by atoms with E-state index in [-0.39, 0.29) is 6.54 Å². The molecule has 0 aliphatic carbocycles. The minimum Gasteiger partial charge on any atom is -0.480 e.